The summed E-state index contributed by atoms with van der Waals surface area (Å²) in [5, 5.41) is 0. The molecule has 2 aromatic rings. The van der Waals surface area contributed by atoms with Crippen LogP contribution in [0.1, 0.15) is 5.56 Å². The lowest BCUT2D eigenvalue weighted by atomic mass is 10.2. The van der Waals surface area contributed by atoms with Crippen LogP contribution in [0, 0.1) is 0 Å². The number of rotatable bonds is 4. The van der Waals surface area contributed by atoms with Crippen molar-refractivity contribution in [3.05, 3.63) is 48.0 Å². The van der Waals surface area contributed by atoms with Crippen LogP contribution in [0.15, 0.2) is 52.4 Å². The fourth-order valence-electron chi connectivity index (χ4n) is 2.00. The first-order valence-corrected chi connectivity index (χ1v) is 8.43. The molecular formula is C16H12BrF2NOS. The van der Waals surface area contributed by atoms with Crippen LogP contribution in [0.5, 0.6) is 11.5 Å². The van der Waals surface area contributed by atoms with Crippen LogP contribution in [0.25, 0.3) is 0 Å². The van der Waals surface area contributed by atoms with Crippen LogP contribution in [-0.2, 0) is 0 Å². The van der Waals surface area contributed by atoms with Gasteiger partial charge in [0, 0.05) is 10.6 Å². The summed E-state index contributed by atoms with van der Waals surface area (Å²) in [5.41, 5.74) is 1.53. The van der Waals surface area contributed by atoms with Gasteiger partial charge in [-0.05, 0) is 46.3 Å². The Morgan fingerprint density at radius 2 is 2.00 bits per heavy atom. The zero-order valence-electron chi connectivity index (χ0n) is 11.4. The number of aliphatic imine (C=N–C) groups is 1. The molecule has 3 rings (SSSR count). The second-order valence-corrected chi connectivity index (χ2v) is 6.54. The zero-order valence-corrected chi connectivity index (χ0v) is 13.8. The highest BCUT2D eigenvalue weighted by Crippen LogP contribution is 2.39. The van der Waals surface area contributed by atoms with E-state index < -0.39 is 12.8 Å². The largest absolute Gasteiger partial charge is 0.454 e. The molecule has 0 aliphatic carbocycles. The Bertz CT molecular complexity index is 723. The average molecular weight is 384 g/mol. The van der Waals surface area contributed by atoms with Gasteiger partial charge in [0.2, 0.25) is 0 Å². The maximum atomic E-state index is 13.0. The molecular weight excluding hydrogens is 372 g/mol. The van der Waals surface area contributed by atoms with Gasteiger partial charge in [0.05, 0.1) is 5.56 Å². The zero-order chi connectivity index (χ0) is 15.5. The molecule has 0 fully saturated rings. The molecule has 0 spiro atoms. The van der Waals surface area contributed by atoms with Crippen LogP contribution in [0.4, 0.5) is 14.5 Å². The molecule has 0 saturated heterocycles. The molecule has 1 heterocycles. The first-order chi connectivity index (χ1) is 10.7. The summed E-state index contributed by atoms with van der Waals surface area (Å²) in [6.07, 6.45) is -1.44. The number of halogens is 3. The minimum Gasteiger partial charge on any atom is -0.454 e. The number of alkyl halides is 2. The van der Waals surface area contributed by atoms with E-state index in [0.29, 0.717) is 16.1 Å². The molecule has 2 nitrogen and oxygen atoms in total. The SMILES string of the molecule is FCC(F)CSc1ccc2c(c1)C(Br)=Nc1ccccc1O2. The highest BCUT2D eigenvalue weighted by atomic mass is 79.9. The van der Waals surface area contributed by atoms with E-state index in [9.17, 15) is 8.78 Å². The maximum absolute atomic E-state index is 13.0. The van der Waals surface area contributed by atoms with Crippen LogP contribution in [0.2, 0.25) is 0 Å². The molecule has 0 radical (unpaired) electrons. The van der Waals surface area contributed by atoms with E-state index in [1.54, 1.807) is 0 Å². The Kier molecular flexibility index (Phi) is 4.78. The first kappa shape index (κ1) is 15.5. The van der Waals surface area contributed by atoms with Gasteiger partial charge in [0.1, 0.15) is 28.9 Å². The molecule has 1 aliphatic rings. The highest BCUT2D eigenvalue weighted by molar-refractivity contribution is 9.18. The lowest BCUT2D eigenvalue weighted by Crippen LogP contribution is -2.05. The van der Waals surface area contributed by atoms with Crippen molar-refractivity contribution in [3.8, 4) is 11.5 Å². The van der Waals surface area contributed by atoms with Gasteiger partial charge in [-0.3, -0.25) is 0 Å². The predicted molar refractivity (Wildman–Crippen MR) is 89.7 cm³/mol. The second kappa shape index (κ2) is 6.79. The average Bonchev–Trinajstić information content (AvgIpc) is 2.68. The van der Waals surface area contributed by atoms with Gasteiger partial charge in [-0.25, -0.2) is 13.8 Å². The van der Waals surface area contributed by atoms with E-state index >= 15 is 0 Å². The molecule has 0 N–H and O–H groups in total. The van der Waals surface area contributed by atoms with Crippen molar-refractivity contribution in [1.82, 2.24) is 0 Å². The number of thioether (sulfide) groups is 1. The Labute approximate surface area is 139 Å². The fraction of sp³-hybridized carbons (Fsp3) is 0.188. The van der Waals surface area contributed by atoms with Gasteiger partial charge < -0.3 is 4.74 Å². The Morgan fingerprint density at radius 3 is 2.82 bits per heavy atom. The summed E-state index contributed by atoms with van der Waals surface area (Å²) < 4.78 is 31.8. The van der Waals surface area contributed by atoms with Crippen molar-refractivity contribution in [2.24, 2.45) is 4.99 Å². The van der Waals surface area contributed by atoms with E-state index in [1.165, 1.54) is 11.8 Å². The molecule has 114 valence electrons. The van der Waals surface area contributed by atoms with E-state index in [-0.39, 0.29) is 5.75 Å². The molecule has 0 aromatic heterocycles. The van der Waals surface area contributed by atoms with E-state index in [4.69, 9.17) is 4.74 Å². The number of fused-ring (bicyclic) bond motifs is 2. The Hall–Kier alpha value is -1.40. The van der Waals surface area contributed by atoms with Crippen molar-refractivity contribution in [3.63, 3.8) is 0 Å². The topological polar surface area (TPSA) is 21.6 Å². The lowest BCUT2D eigenvalue weighted by molar-refractivity contribution is 0.286. The molecule has 1 atom stereocenters. The molecule has 1 aliphatic heterocycles. The summed E-state index contributed by atoms with van der Waals surface area (Å²) in [7, 11) is 0. The molecule has 1 unspecified atom stereocenters. The summed E-state index contributed by atoms with van der Waals surface area (Å²) in [5.74, 6) is 1.44. The molecule has 0 amide bonds. The molecule has 0 bridgehead atoms. The predicted octanol–water partition coefficient (Wildman–Crippen LogP) is 5.67. The third kappa shape index (κ3) is 3.33. The lowest BCUT2D eigenvalue weighted by Gasteiger charge is -2.10. The monoisotopic (exact) mass is 383 g/mol. The highest BCUT2D eigenvalue weighted by Gasteiger charge is 2.17. The van der Waals surface area contributed by atoms with Gasteiger partial charge in [0.25, 0.3) is 0 Å². The second-order valence-electron chi connectivity index (χ2n) is 4.69. The minimum absolute atomic E-state index is 0.0884. The van der Waals surface area contributed by atoms with Gasteiger partial charge in [-0.15, -0.1) is 11.8 Å². The van der Waals surface area contributed by atoms with Crippen molar-refractivity contribution < 1.29 is 13.5 Å². The van der Waals surface area contributed by atoms with Crippen molar-refractivity contribution in [1.29, 1.82) is 0 Å². The quantitative estimate of drug-likeness (QED) is 0.634. The van der Waals surface area contributed by atoms with E-state index in [0.717, 1.165) is 16.1 Å². The summed E-state index contributed by atoms with van der Waals surface area (Å²) in [6.45, 7) is -0.957. The van der Waals surface area contributed by atoms with E-state index in [1.807, 2.05) is 42.5 Å². The van der Waals surface area contributed by atoms with Gasteiger partial charge in [-0.1, -0.05) is 12.1 Å². The summed E-state index contributed by atoms with van der Waals surface area (Å²) in [4.78, 5) is 5.34. The number of hydrogen-bond donors (Lipinski definition) is 0. The van der Waals surface area contributed by atoms with Crippen LogP contribution >= 0.6 is 27.7 Å². The van der Waals surface area contributed by atoms with Gasteiger partial charge in [0.15, 0.2) is 5.75 Å². The van der Waals surface area contributed by atoms with Crippen molar-refractivity contribution in [2.45, 2.75) is 11.1 Å². The van der Waals surface area contributed by atoms with Crippen LogP contribution in [-0.4, -0.2) is 23.2 Å². The molecule has 6 heteroatoms. The number of hydrogen-bond acceptors (Lipinski definition) is 3. The molecule has 2 aromatic carbocycles. The minimum atomic E-state index is -1.44. The summed E-state index contributed by atoms with van der Waals surface area (Å²) >= 11 is 4.73. The molecule has 22 heavy (non-hydrogen) atoms. The fourth-order valence-corrected chi connectivity index (χ4v) is 3.33. The van der Waals surface area contributed by atoms with Crippen LogP contribution in [0.3, 0.4) is 0 Å². The van der Waals surface area contributed by atoms with Gasteiger partial charge in [-0.2, -0.15) is 0 Å². The number of ether oxygens (including phenoxy) is 1. The van der Waals surface area contributed by atoms with Crippen LogP contribution < -0.4 is 4.74 Å². The van der Waals surface area contributed by atoms with Crippen molar-refractivity contribution in [2.75, 3.05) is 12.4 Å². The summed E-state index contributed by atoms with van der Waals surface area (Å²) in [6, 6.07) is 13.0. The number of nitrogens with zero attached hydrogens (tertiary/aromatic N) is 1. The number of benzene rings is 2. The Balaban J connectivity index is 1.91. The standard InChI is InChI=1S/C16H12BrF2NOS/c17-16-12-7-11(22-9-10(19)8-18)5-6-14(12)21-15-4-2-1-3-13(15)20-16/h1-7,10H,8-9H2. The van der Waals surface area contributed by atoms with Gasteiger partial charge >= 0.3 is 0 Å². The third-order valence-corrected chi connectivity index (χ3v) is 4.80. The van der Waals surface area contributed by atoms with Crippen molar-refractivity contribution >= 4 is 38.0 Å². The first-order valence-electron chi connectivity index (χ1n) is 6.65. The smallest absolute Gasteiger partial charge is 0.153 e. The number of para-hydroxylation sites is 2. The van der Waals surface area contributed by atoms with E-state index in [2.05, 4.69) is 20.9 Å². The maximum Gasteiger partial charge on any atom is 0.153 e. The third-order valence-electron chi connectivity index (χ3n) is 3.08. The Morgan fingerprint density at radius 1 is 1.18 bits per heavy atom. The molecule has 0 saturated carbocycles. The normalized spacial score (nSPS) is 14.2.